The summed E-state index contributed by atoms with van der Waals surface area (Å²) in [6.45, 7) is -0.356. The number of aromatic nitrogens is 2. The van der Waals surface area contributed by atoms with Gasteiger partial charge in [-0.2, -0.15) is 18.3 Å². The number of urea groups is 1. The van der Waals surface area contributed by atoms with E-state index in [1.165, 1.54) is 0 Å². The summed E-state index contributed by atoms with van der Waals surface area (Å²) in [5.41, 5.74) is -3.90. The first-order valence-corrected chi connectivity index (χ1v) is 7.52. The van der Waals surface area contributed by atoms with Crippen LogP contribution in [0.3, 0.4) is 0 Å². The Morgan fingerprint density at radius 3 is 2.57 bits per heavy atom. The fraction of sp³-hybridized carbons (Fsp3) is 0.545. The second-order valence-corrected chi connectivity index (χ2v) is 6.06. The molecular formula is C11H13F3N4O2S. The summed E-state index contributed by atoms with van der Waals surface area (Å²) >= 11 is 0. The van der Waals surface area contributed by atoms with E-state index in [1.807, 2.05) is 0 Å². The maximum Gasteiger partial charge on any atom is 0.471 e. The molecule has 1 aliphatic carbocycles. The van der Waals surface area contributed by atoms with Crippen molar-refractivity contribution in [3.63, 3.8) is 0 Å². The summed E-state index contributed by atoms with van der Waals surface area (Å²) in [5, 5.41) is 12.3. The van der Waals surface area contributed by atoms with E-state index < -0.39 is 28.1 Å². The molecule has 1 aromatic heterocycles. The quantitative estimate of drug-likeness (QED) is 0.865. The summed E-state index contributed by atoms with van der Waals surface area (Å²) in [5.74, 6) is -0.0463. The molecule has 1 fully saturated rings. The summed E-state index contributed by atoms with van der Waals surface area (Å²) in [7, 11) is -2.97. The van der Waals surface area contributed by atoms with E-state index >= 15 is 0 Å². The number of carbonyl (C=O) groups is 1. The molecule has 1 saturated carbocycles. The van der Waals surface area contributed by atoms with Crippen LogP contribution >= 0.6 is 0 Å². The van der Waals surface area contributed by atoms with Crippen LogP contribution in [0.1, 0.15) is 24.5 Å². The number of carbonyl (C=O) groups excluding carboxylic acids is 1. The molecule has 6 nitrogen and oxygen atoms in total. The highest BCUT2D eigenvalue weighted by Crippen LogP contribution is 2.38. The van der Waals surface area contributed by atoms with Crippen LogP contribution in [0.15, 0.2) is 12.1 Å². The number of rotatable bonds is 5. The zero-order valence-electron chi connectivity index (χ0n) is 10.8. The van der Waals surface area contributed by atoms with Crippen molar-refractivity contribution in [2.24, 2.45) is 0 Å². The zero-order valence-corrected chi connectivity index (χ0v) is 11.6. The third-order valence-corrected chi connectivity index (χ3v) is 3.84. The van der Waals surface area contributed by atoms with Crippen LogP contribution in [-0.2, 0) is 10.8 Å². The predicted octanol–water partition coefficient (Wildman–Crippen LogP) is 1.74. The van der Waals surface area contributed by atoms with Gasteiger partial charge in [-0.25, -0.2) is 4.79 Å². The second kappa shape index (κ2) is 6.37. The minimum Gasteiger partial charge on any atom is -0.337 e. The highest BCUT2D eigenvalue weighted by molar-refractivity contribution is 7.85. The molecule has 10 heteroatoms. The molecule has 0 aromatic carbocycles. The number of nitrogens with one attached hydrogen (secondary N) is 2. The monoisotopic (exact) mass is 322 g/mol. The number of halogens is 3. The van der Waals surface area contributed by atoms with E-state index in [9.17, 15) is 22.2 Å². The molecule has 116 valence electrons. The lowest BCUT2D eigenvalue weighted by Crippen LogP contribution is -2.34. The Hall–Kier alpha value is -1.71. The third kappa shape index (κ3) is 4.96. The van der Waals surface area contributed by atoms with Gasteiger partial charge in [0, 0.05) is 18.2 Å². The highest BCUT2D eigenvalue weighted by atomic mass is 32.2. The number of hydrogen-bond acceptors (Lipinski definition) is 4. The predicted molar refractivity (Wildman–Crippen MR) is 70.1 cm³/mol. The smallest absolute Gasteiger partial charge is 0.337 e. The molecule has 1 aromatic rings. The van der Waals surface area contributed by atoms with Crippen LogP contribution in [0.4, 0.5) is 23.8 Å². The topological polar surface area (TPSA) is 84.0 Å². The Bertz CT molecular complexity index is 531. The summed E-state index contributed by atoms with van der Waals surface area (Å²) in [6, 6.07) is 2.61. The Morgan fingerprint density at radius 1 is 1.33 bits per heavy atom. The summed E-state index contributed by atoms with van der Waals surface area (Å²) in [4.78, 5) is 11.4. The van der Waals surface area contributed by atoms with Crippen LogP contribution in [0.2, 0.25) is 0 Å². The lowest BCUT2D eigenvalue weighted by molar-refractivity contribution is -0.0383. The number of amides is 2. The molecule has 0 aliphatic heterocycles. The van der Waals surface area contributed by atoms with Crippen molar-refractivity contribution in [3.05, 3.63) is 17.8 Å². The van der Waals surface area contributed by atoms with Crippen molar-refractivity contribution in [1.82, 2.24) is 15.5 Å². The second-order valence-electron chi connectivity index (χ2n) is 4.49. The summed E-state index contributed by atoms with van der Waals surface area (Å²) in [6.07, 6.45) is 2.16. The molecule has 0 spiro atoms. The molecule has 2 rings (SSSR count). The molecule has 1 atom stereocenters. The van der Waals surface area contributed by atoms with Crippen molar-refractivity contribution in [2.45, 2.75) is 24.3 Å². The van der Waals surface area contributed by atoms with Crippen molar-refractivity contribution in [1.29, 1.82) is 0 Å². The van der Waals surface area contributed by atoms with Gasteiger partial charge in [-0.1, -0.05) is 0 Å². The van der Waals surface area contributed by atoms with Crippen LogP contribution in [-0.4, -0.2) is 38.2 Å². The maximum absolute atomic E-state index is 12.0. The van der Waals surface area contributed by atoms with Crippen molar-refractivity contribution < 1.29 is 22.2 Å². The molecule has 2 N–H and O–H groups in total. The van der Waals surface area contributed by atoms with Crippen molar-refractivity contribution >= 4 is 22.6 Å². The van der Waals surface area contributed by atoms with Crippen molar-refractivity contribution in [2.75, 3.05) is 17.6 Å². The molecule has 2 amide bonds. The maximum atomic E-state index is 12.0. The Kier molecular flexibility index (Phi) is 4.76. The fourth-order valence-corrected chi connectivity index (χ4v) is 2.06. The van der Waals surface area contributed by atoms with Gasteiger partial charge in [0.1, 0.15) is 10.8 Å². The van der Waals surface area contributed by atoms with Crippen LogP contribution in [0, 0.1) is 0 Å². The van der Waals surface area contributed by atoms with E-state index in [0.29, 0.717) is 5.92 Å². The van der Waals surface area contributed by atoms with Gasteiger partial charge in [0.15, 0.2) is 5.82 Å². The van der Waals surface area contributed by atoms with Crippen LogP contribution in [0.25, 0.3) is 0 Å². The minimum absolute atomic E-state index is 0.203. The molecule has 1 heterocycles. The van der Waals surface area contributed by atoms with Crippen molar-refractivity contribution in [3.8, 4) is 0 Å². The third-order valence-electron chi connectivity index (χ3n) is 2.75. The Morgan fingerprint density at radius 2 is 2.05 bits per heavy atom. The standard InChI is InChI=1S/C11H13F3N4O2S/c12-11(13,14)21(20)6-5-15-10(19)16-9-4-3-8(17-18-9)7-1-2-7/h3-4,7H,1-2,5-6H2,(H2,15,16,18,19). The Labute approximate surface area is 121 Å². The van der Waals surface area contributed by atoms with Gasteiger partial charge in [0.2, 0.25) is 0 Å². The molecule has 1 aliphatic rings. The van der Waals surface area contributed by atoms with Gasteiger partial charge in [-0.05, 0) is 25.0 Å². The first-order valence-electron chi connectivity index (χ1n) is 6.20. The first kappa shape index (κ1) is 15.7. The van der Waals surface area contributed by atoms with Crippen LogP contribution < -0.4 is 10.6 Å². The number of alkyl halides is 3. The first-order chi connectivity index (χ1) is 9.86. The van der Waals surface area contributed by atoms with Gasteiger partial charge in [-0.3, -0.25) is 9.53 Å². The molecule has 0 saturated heterocycles. The molecule has 1 unspecified atom stereocenters. The number of nitrogens with zero attached hydrogens (tertiary/aromatic N) is 2. The number of anilines is 1. The van der Waals surface area contributed by atoms with Gasteiger partial charge in [-0.15, -0.1) is 5.10 Å². The van der Waals surface area contributed by atoms with E-state index in [-0.39, 0.29) is 12.4 Å². The zero-order chi connectivity index (χ0) is 15.5. The number of hydrogen-bond donors (Lipinski definition) is 2. The fourth-order valence-electron chi connectivity index (χ4n) is 1.54. The minimum atomic E-state index is -4.76. The van der Waals surface area contributed by atoms with E-state index in [1.54, 1.807) is 12.1 Å². The average Bonchev–Trinajstić information content (AvgIpc) is 3.22. The van der Waals surface area contributed by atoms with E-state index in [0.717, 1.165) is 18.5 Å². The SMILES string of the molecule is O=C(NCCS(=O)C(F)(F)F)Nc1ccc(C2CC2)nn1. The lowest BCUT2D eigenvalue weighted by Gasteiger charge is -2.08. The largest absolute Gasteiger partial charge is 0.471 e. The van der Waals surface area contributed by atoms with Gasteiger partial charge in [0.25, 0.3) is 0 Å². The summed E-state index contributed by atoms with van der Waals surface area (Å²) < 4.78 is 46.6. The molecule has 0 bridgehead atoms. The van der Waals surface area contributed by atoms with Gasteiger partial charge < -0.3 is 5.32 Å². The van der Waals surface area contributed by atoms with Gasteiger partial charge >= 0.3 is 11.5 Å². The Balaban J connectivity index is 1.72. The molecule has 21 heavy (non-hydrogen) atoms. The van der Waals surface area contributed by atoms with Crippen LogP contribution in [0.5, 0.6) is 0 Å². The normalized spacial score (nSPS) is 16.3. The van der Waals surface area contributed by atoms with E-state index in [2.05, 4.69) is 20.8 Å². The average molecular weight is 322 g/mol. The lowest BCUT2D eigenvalue weighted by atomic mass is 10.3. The van der Waals surface area contributed by atoms with E-state index in [4.69, 9.17) is 0 Å². The molecular weight excluding hydrogens is 309 g/mol. The van der Waals surface area contributed by atoms with Gasteiger partial charge in [0.05, 0.1) is 5.69 Å². The highest BCUT2D eigenvalue weighted by Gasteiger charge is 2.36. The molecule has 0 radical (unpaired) electrons.